The molecule has 3 aromatic rings. The molecule has 6 heteroatoms. The minimum atomic E-state index is -0.610. The monoisotopic (exact) mass is 399 g/mol. The number of ether oxygens (including phenoxy) is 1. The smallest absolute Gasteiger partial charge is 0.261 e. The highest BCUT2D eigenvalue weighted by Crippen LogP contribution is 2.29. The topological polar surface area (TPSA) is 71.9 Å². The zero-order valence-electron chi connectivity index (χ0n) is 16.6. The first kappa shape index (κ1) is 19.5. The van der Waals surface area contributed by atoms with Crippen molar-refractivity contribution in [2.24, 2.45) is 4.99 Å². The minimum absolute atomic E-state index is 0.195. The molecular weight excluding hydrogens is 378 g/mol. The lowest BCUT2D eigenvalue weighted by molar-refractivity contribution is -0.129. The number of aromatic nitrogens is 1. The Hall–Kier alpha value is -3.80. The van der Waals surface area contributed by atoms with Crippen LogP contribution < -0.4 is 4.74 Å². The molecule has 2 aromatic carbocycles. The molecule has 0 bridgehead atoms. The zero-order valence-corrected chi connectivity index (χ0v) is 16.6. The van der Waals surface area contributed by atoms with E-state index in [9.17, 15) is 9.59 Å². The molecule has 0 fully saturated rings. The summed E-state index contributed by atoms with van der Waals surface area (Å²) in [6, 6.07) is 20.2. The Morgan fingerprint density at radius 1 is 1.03 bits per heavy atom. The van der Waals surface area contributed by atoms with Crippen molar-refractivity contribution in [1.29, 1.82) is 0 Å². The van der Waals surface area contributed by atoms with Crippen LogP contribution in [0.5, 0.6) is 5.75 Å². The molecule has 0 aliphatic carbocycles. The fourth-order valence-corrected chi connectivity index (χ4v) is 3.46. The van der Waals surface area contributed by atoms with Gasteiger partial charge >= 0.3 is 0 Å². The van der Waals surface area contributed by atoms with Crippen LogP contribution in [0.15, 0.2) is 77.9 Å². The van der Waals surface area contributed by atoms with Gasteiger partial charge in [0.15, 0.2) is 0 Å². The van der Waals surface area contributed by atoms with Gasteiger partial charge in [-0.05, 0) is 41.5 Å². The normalized spacial score (nSPS) is 16.0. The fraction of sp³-hybridized carbons (Fsp3) is 0.167. The highest BCUT2D eigenvalue weighted by Gasteiger charge is 2.37. The molecule has 1 atom stereocenters. The van der Waals surface area contributed by atoms with E-state index in [1.54, 1.807) is 31.7 Å². The first-order chi connectivity index (χ1) is 14.7. The maximum absolute atomic E-state index is 13.2. The van der Waals surface area contributed by atoms with Gasteiger partial charge in [-0.2, -0.15) is 0 Å². The maximum atomic E-state index is 13.2. The summed E-state index contributed by atoms with van der Waals surface area (Å²) >= 11 is 0. The summed E-state index contributed by atoms with van der Waals surface area (Å²) in [5.41, 5.74) is 2.88. The van der Waals surface area contributed by atoms with E-state index in [1.807, 2.05) is 54.6 Å². The van der Waals surface area contributed by atoms with Gasteiger partial charge in [-0.25, -0.2) is 0 Å². The van der Waals surface area contributed by atoms with Crippen LogP contribution >= 0.6 is 0 Å². The van der Waals surface area contributed by atoms with Crippen molar-refractivity contribution in [2.45, 2.75) is 19.0 Å². The van der Waals surface area contributed by atoms with E-state index in [1.165, 1.54) is 4.90 Å². The van der Waals surface area contributed by atoms with E-state index in [4.69, 9.17) is 4.74 Å². The van der Waals surface area contributed by atoms with E-state index in [-0.39, 0.29) is 18.4 Å². The average Bonchev–Trinajstić information content (AvgIpc) is 2.80. The summed E-state index contributed by atoms with van der Waals surface area (Å²) in [6.45, 7) is 0.569. The van der Waals surface area contributed by atoms with Crippen molar-refractivity contribution in [1.82, 2.24) is 9.88 Å². The Bertz CT molecular complexity index is 1080. The fourth-order valence-electron chi connectivity index (χ4n) is 3.46. The number of rotatable bonds is 6. The van der Waals surface area contributed by atoms with Crippen molar-refractivity contribution in [2.75, 3.05) is 7.11 Å². The number of benzene rings is 2. The second kappa shape index (κ2) is 8.69. The molecule has 0 unspecified atom stereocenters. The number of fused-ring (bicyclic) bond motifs is 1. The van der Waals surface area contributed by atoms with Gasteiger partial charge in [-0.3, -0.25) is 24.5 Å². The van der Waals surface area contributed by atoms with Crippen LogP contribution in [0, 0.1) is 0 Å². The van der Waals surface area contributed by atoms with E-state index in [0.29, 0.717) is 17.7 Å². The summed E-state index contributed by atoms with van der Waals surface area (Å²) < 4.78 is 5.18. The van der Waals surface area contributed by atoms with Crippen LogP contribution in [0.3, 0.4) is 0 Å². The minimum Gasteiger partial charge on any atom is -0.497 e. The predicted molar refractivity (Wildman–Crippen MR) is 113 cm³/mol. The standard InChI is InChI=1S/C24H21N3O3/c1-30-19-11-9-17(10-12-19)16-27-23(28)21-8-3-2-7-20(21)22(24(27)29)15-25-14-18-6-4-5-13-26-18/h2-13,15,22H,14,16H2,1H3/t22-/m1/s1. The molecule has 0 saturated carbocycles. The summed E-state index contributed by atoms with van der Waals surface area (Å²) in [6.07, 6.45) is 3.34. The van der Waals surface area contributed by atoms with Crippen LogP contribution in [0.2, 0.25) is 0 Å². The Labute approximate surface area is 174 Å². The molecule has 0 spiro atoms. The van der Waals surface area contributed by atoms with Crippen molar-refractivity contribution >= 4 is 18.0 Å². The van der Waals surface area contributed by atoms with Gasteiger partial charge in [0, 0.05) is 18.0 Å². The lowest BCUT2D eigenvalue weighted by Gasteiger charge is -2.31. The molecule has 2 amide bonds. The van der Waals surface area contributed by atoms with Crippen LogP contribution in [0.25, 0.3) is 0 Å². The number of carbonyl (C=O) groups excluding carboxylic acids is 2. The van der Waals surface area contributed by atoms with Gasteiger partial charge in [0.2, 0.25) is 5.91 Å². The highest BCUT2D eigenvalue weighted by atomic mass is 16.5. The van der Waals surface area contributed by atoms with Crippen LogP contribution in [0.4, 0.5) is 0 Å². The number of aliphatic imine (C=N–C) groups is 1. The van der Waals surface area contributed by atoms with Crippen molar-refractivity contribution in [3.05, 3.63) is 95.3 Å². The van der Waals surface area contributed by atoms with Crippen molar-refractivity contribution < 1.29 is 14.3 Å². The van der Waals surface area contributed by atoms with Gasteiger partial charge in [-0.1, -0.05) is 36.4 Å². The summed E-state index contributed by atoms with van der Waals surface area (Å²) in [4.78, 5) is 36.2. The van der Waals surface area contributed by atoms with E-state index in [0.717, 1.165) is 17.0 Å². The summed E-state index contributed by atoms with van der Waals surface area (Å²) in [5.74, 6) is -0.458. The second-order valence-electron chi connectivity index (χ2n) is 6.95. The van der Waals surface area contributed by atoms with Crippen molar-refractivity contribution in [3.63, 3.8) is 0 Å². The van der Waals surface area contributed by atoms with E-state index >= 15 is 0 Å². The Balaban J connectivity index is 1.61. The molecule has 0 radical (unpaired) electrons. The second-order valence-corrected chi connectivity index (χ2v) is 6.95. The number of imide groups is 1. The largest absolute Gasteiger partial charge is 0.497 e. The molecule has 1 aliphatic heterocycles. The number of pyridine rings is 1. The third-order valence-corrected chi connectivity index (χ3v) is 5.04. The average molecular weight is 399 g/mol. The first-order valence-corrected chi connectivity index (χ1v) is 9.65. The van der Waals surface area contributed by atoms with Gasteiger partial charge in [0.05, 0.1) is 31.8 Å². The molecule has 0 saturated heterocycles. The highest BCUT2D eigenvalue weighted by molar-refractivity contribution is 6.16. The molecule has 2 heterocycles. The SMILES string of the molecule is COc1ccc(CN2C(=O)c3ccccc3[C@@H](C=NCc3ccccn3)C2=O)cc1. The lowest BCUT2D eigenvalue weighted by Crippen LogP contribution is -2.44. The molecule has 1 aromatic heterocycles. The summed E-state index contributed by atoms with van der Waals surface area (Å²) in [5, 5.41) is 0. The first-order valence-electron chi connectivity index (χ1n) is 9.65. The summed E-state index contributed by atoms with van der Waals surface area (Å²) in [7, 11) is 1.60. The number of methoxy groups -OCH3 is 1. The molecule has 0 N–H and O–H groups in total. The molecular formula is C24H21N3O3. The third kappa shape index (κ3) is 3.98. The number of nitrogens with zero attached hydrogens (tertiary/aromatic N) is 3. The molecule has 6 nitrogen and oxygen atoms in total. The Morgan fingerprint density at radius 2 is 1.80 bits per heavy atom. The Kier molecular flexibility index (Phi) is 5.66. The van der Waals surface area contributed by atoms with E-state index < -0.39 is 5.92 Å². The van der Waals surface area contributed by atoms with Crippen molar-refractivity contribution in [3.8, 4) is 5.75 Å². The zero-order chi connectivity index (χ0) is 20.9. The van der Waals surface area contributed by atoms with Crippen LogP contribution in [0.1, 0.15) is 33.1 Å². The quantitative estimate of drug-likeness (QED) is 0.469. The molecule has 1 aliphatic rings. The maximum Gasteiger partial charge on any atom is 0.261 e. The van der Waals surface area contributed by atoms with Crippen LogP contribution in [-0.4, -0.2) is 35.0 Å². The number of amides is 2. The van der Waals surface area contributed by atoms with Crippen LogP contribution in [-0.2, 0) is 17.9 Å². The number of carbonyl (C=O) groups is 2. The number of hydrogen-bond acceptors (Lipinski definition) is 5. The predicted octanol–water partition coefficient (Wildman–Crippen LogP) is 3.63. The van der Waals surface area contributed by atoms with Gasteiger partial charge in [0.25, 0.3) is 5.91 Å². The molecule has 30 heavy (non-hydrogen) atoms. The van der Waals surface area contributed by atoms with Gasteiger partial charge in [0.1, 0.15) is 5.75 Å². The molecule has 4 rings (SSSR count). The number of hydrogen-bond donors (Lipinski definition) is 0. The Morgan fingerprint density at radius 3 is 2.53 bits per heavy atom. The van der Waals surface area contributed by atoms with Gasteiger partial charge < -0.3 is 4.74 Å². The third-order valence-electron chi connectivity index (χ3n) is 5.04. The lowest BCUT2D eigenvalue weighted by atomic mass is 9.89. The molecule has 150 valence electrons. The van der Waals surface area contributed by atoms with Gasteiger partial charge in [-0.15, -0.1) is 0 Å². The van der Waals surface area contributed by atoms with E-state index in [2.05, 4.69) is 9.98 Å².